The number of urea groups is 1. The number of fused-ring (bicyclic) bond motifs is 2. The molecule has 0 saturated carbocycles. The van der Waals surface area contributed by atoms with Crippen molar-refractivity contribution in [2.45, 2.75) is 57.8 Å². The van der Waals surface area contributed by atoms with Crippen LogP contribution < -0.4 is 10.0 Å². The summed E-state index contributed by atoms with van der Waals surface area (Å²) in [5, 5.41) is 2.89. The number of hydrogen-bond donors (Lipinski definition) is 2. The Bertz CT molecular complexity index is 797. The molecule has 0 radical (unpaired) electrons. The average Bonchev–Trinajstić information content (AvgIpc) is 3.29. The highest BCUT2D eigenvalue weighted by Crippen LogP contribution is 2.38. The largest absolute Gasteiger partial charge is 0.332 e. The first-order valence-electron chi connectivity index (χ1n) is 10.2. The molecule has 0 aromatic heterocycles. The highest BCUT2D eigenvalue weighted by Gasteiger charge is 2.26. The van der Waals surface area contributed by atoms with Crippen LogP contribution in [0, 0.1) is 0 Å². The van der Waals surface area contributed by atoms with Crippen molar-refractivity contribution in [2.75, 3.05) is 30.7 Å². The normalized spacial score (nSPS) is 19.6. The number of nitrogens with one attached hydrogen (secondary N) is 2. The number of piperidine rings is 1. The quantitative estimate of drug-likeness (QED) is 0.809. The third kappa shape index (κ3) is 4.29. The fourth-order valence-electron chi connectivity index (χ4n) is 4.73. The molecule has 0 unspecified atom stereocenters. The Balaban J connectivity index is 1.41. The molecule has 1 aromatic rings. The van der Waals surface area contributed by atoms with Crippen molar-refractivity contribution in [3.05, 3.63) is 28.3 Å². The molecule has 2 N–H and O–H groups in total. The standard InChI is InChI=1S/C20H29N3O3S/c24-20(22-27(25,26)13-12-23-10-2-1-3-11-23)21-19-17-8-4-6-15(17)14-16-7-5-9-18(16)19/h14H,1-13H2,(H2,21,22,24). The molecule has 148 valence electrons. The van der Waals surface area contributed by atoms with Crippen LogP contribution in [0.25, 0.3) is 0 Å². The highest BCUT2D eigenvalue weighted by atomic mass is 32.2. The van der Waals surface area contributed by atoms with Gasteiger partial charge >= 0.3 is 6.03 Å². The molecule has 6 nitrogen and oxygen atoms in total. The lowest BCUT2D eigenvalue weighted by Gasteiger charge is -2.26. The molecule has 1 aliphatic heterocycles. The molecular formula is C20H29N3O3S. The maximum atomic E-state index is 12.5. The Labute approximate surface area is 161 Å². The molecule has 4 rings (SSSR count). The number of likely N-dealkylation sites (tertiary alicyclic amines) is 1. The van der Waals surface area contributed by atoms with Gasteiger partial charge in [-0.25, -0.2) is 17.9 Å². The van der Waals surface area contributed by atoms with Gasteiger partial charge in [0, 0.05) is 12.2 Å². The van der Waals surface area contributed by atoms with Crippen molar-refractivity contribution in [1.82, 2.24) is 9.62 Å². The van der Waals surface area contributed by atoms with Crippen LogP contribution >= 0.6 is 0 Å². The van der Waals surface area contributed by atoms with Gasteiger partial charge in [0.1, 0.15) is 0 Å². The van der Waals surface area contributed by atoms with E-state index in [1.807, 2.05) is 0 Å². The van der Waals surface area contributed by atoms with Crippen LogP contribution in [0.4, 0.5) is 10.5 Å². The van der Waals surface area contributed by atoms with Gasteiger partial charge in [-0.15, -0.1) is 0 Å². The predicted octanol–water partition coefficient (Wildman–Crippen LogP) is 2.60. The monoisotopic (exact) mass is 391 g/mol. The van der Waals surface area contributed by atoms with Crippen LogP contribution in [0.5, 0.6) is 0 Å². The van der Waals surface area contributed by atoms with Gasteiger partial charge in [0.25, 0.3) is 0 Å². The van der Waals surface area contributed by atoms with E-state index < -0.39 is 16.1 Å². The van der Waals surface area contributed by atoms with E-state index in [2.05, 4.69) is 21.0 Å². The van der Waals surface area contributed by atoms with Crippen LogP contribution in [0.3, 0.4) is 0 Å². The van der Waals surface area contributed by atoms with Gasteiger partial charge in [-0.1, -0.05) is 12.5 Å². The van der Waals surface area contributed by atoms with Crippen molar-refractivity contribution in [3.63, 3.8) is 0 Å². The predicted molar refractivity (Wildman–Crippen MR) is 107 cm³/mol. The molecule has 3 aliphatic rings. The molecule has 1 heterocycles. The first kappa shape index (κ1) is 18.7. The van der Waals surface area contributed by atoms with E-state index in [4.69, 9.17) is 0 Å². The van der Waals surface area contributed by atoms with Gasteiger partial charge in [-0.05, 0) is 86.7 Å². The topological polar surface area (TPSA) is 78.5 Å². The molecule has 0 atom stereocenters. The minimum absolute atomic E-state index is 0.0363. The maximum Gasteiger partial charge on any atom is 0.332 e. The number of rotatable bonds is 5. The van der Waals surface area contributed by atoms with Gasteiger partial charge in [0.05, 0.1) is 5.75 Å². The summed E-state index contributed by atoms with van der Waals surface area (Å²) in [6.07, 6.45) is 9.68. The lowest BCUT2D eigenvalue weighted by Crippen LogP contribution is -2.41. The van der Waals surface area contributed by atoms with Crippen molar-refractivity contribution in [3.8, 4) is 0 Å². The molecule has 7 heteroatoms. The van der Waals surface area contributed by atoms with Gasteiger partial charge in [0.2, 0.25) is 10.0 Å². The number of aryl methyl sites for hydroxylation is 2. The Hall–Kier alpha value is -1.60. The first-order valence-corrected chi connectivity index (χ1v) is 11.9. The van der Waals surface area contributed by atoms with E-state index in [1.54, 1.807) is 0 Å². The molecule has 0 spiro atoms. The molecule has 2 aliphatic carbocycles. The lowest BCUT2D eigenvalue weighted by molar-refractivity contribution is 0.240. The van der Waals surface area contributed by atoms with Crippen LogP contribution in [-0.2, 0) is 35.7 Å². The molecule has 1 saturated heterocycles. The minimum Gasteiger partial charge on any atom is -0.307 e. The second kappa shape index (κ2) is 7.80. The van der Waals surface area contributed by atoms with E-state index in [1.165, 1.54) is 28.7 Å². The van der Waals surface area contributed by atoms with Crippen LogP contribution in [-0.4, -0.2) is 44.7 Å². The van der Waals surface area contributed by atoms with E-state index in [9.17, 15) is 13.2 Å². The number of anilines is 1. The zero-order valence-electron chi connectivity index (χ0n) is 15.8. The van der Waals surface area contributed by atoms with Crippen molar-refractivity contribution < 1.29 is 13.2 Å². The average molecular weight is 392 g/mol. The van der Waals surface area contributed by atoms with Crippen LogP contribution in [0.1, 0.15) is 54.4 Å². The molecule has 27 heavy (non-hydrogen) atoms. The third-order valence-electron chi connectivity index (χ3n) is 6.08. The number of carbonyl (C=O) groups excluding carboxylic acids is 1. The fraction of sp³-hybridized carbons (Fsp3) is 0.650. The summed E-state index contributed by atoms with van der Waals surface area (Å²) in [6.45, 7) is 2.38. The minimum atomic E-state index is -3.63. The summed E-state index contributed by atoms with van der Waals surface area (Å²) >= 11 is 0. The summed E-state index contributed by atoms with van der Waals surface area (Å²) in [6, 6.07) is 1.67. The SMILES string of the molecule is O=C(Nc1c2c(cc3c1CCC3)CCC2)NS(=O)(=O)CCN1CCCCC1. The van der Waals surface area contributed by atoms with Gasteiger partial charge in [-0.2, -0.15) is 0 Å². The summed E-state index contributed by atoms with van der Waals surface area (Å²) in [5.41, 5.74) is 5.92. The highest BCUT2D eigenvalue weighted by molar-refractivity contribution is 7.90. The molecule has 1 aromatic carbocycles. The van der Waals surface area contributed by atoms with E-state index >= 15 is 0 Å². The van der Waals surface area contributed by atoms with Gasteiger partial charge < -0.3 is 10.2 Å². The number of sulfonamides is 1. The first-order chi connectivity index (χ1) is 13.0. The second-order valence-electron chi connectivity index (χ2n) is 8.01. The molecule has 2 amide bonds. The fourth-order valence-corrected chi connectivity index (χ4v) is 5.66. The number of amides is 2. The number of nitrogens with zero attached hydrogens (tertiary/aromatic N) is 1. The van der Waals surface area contributed by atoms with E-state index in [0.29, 0.717) is 6.54 Å². The second-order valence-corrected chi connectivity index (χ2v) is 9.85. The van der Waals surface area contributed by atoms with Crippen molar-refractivity contribution in [2.24, 2.45) is 0 Å². The summed E-state index contributed by atoms with van der Waals surface area (Å²) in [5.74, 6) is -0.0363. The number of benzene rings is 1. The third-order valence-corrected chi connectivity index (χ3v) is 7.30. The number of hydrogen-bond acceptors (Lipinski definition) is 4. The Morgan fingerprint density at radius 1 is 0.926 bits per heavy atom. The summed E-state index contributed by atoms with van der Waals surface area (Å²) in [4.78, 5) is 14.6. The van der Waals surface area contributed by atoms with Crippen molar-refractivity contribution in [1.29, 1.82) is 0 Å². The van der Waals surface area contributed by atoms with Gasteiger partial charge in [0.15, 0.2) is 0 Å². The van der Waals surface area contributed by atoms with E-state index in [0.717, 1.165) is 70.1 Å². The zero-order valence-corrected chi connectivity index (χ0v) is 16.7. The summed E-state index contributed by atoms with van der Waals surface area (Å²) < 4.78 is 26.9. The summed E-state index contributed by atoms with van der Waals surface area (Å²) in [7, 11) is -3.63. The van der Waals surface area contributed by atoms with Crippen LogP contribution in [0.15, 0.2) is 6.07 Å². The molecule has 0 bridgehead atoms. The lowest BCUT2D eigenvalue weighted by atomic mass is 9.99. The molecular weight excluding hydrogens is 362 g/mol. The van der Waals surface area contributed by atoms with Crippen LogP contribution in [0.2, 0.25) is 0 Å². The van der Waals surface area contributed by atoms with Gasteiger partial charge in [-0.3, -0.25) is 0 Å². The Morgan fingerprint density at radius 3 is 2.19 bits per heavy atom. The number of carbonyl (C=O) groups is 1. The zero-order chi connectivity index (χ0) is 18.9. The smallest absolute Gasteiger partial charge is 0.307 e. The Kier molecular flexibility index (Phi) is 5.41. The molecule has 1 fully saturated rings. The van der Waals surface area contributed by atoms with E-state index in [-0.39, 0.29) is 5.75 Å². The Morgan fingerprint density at radius 2 is 1.56 bits per heavy atom. The maximum absolute atomic E-state index is 12.5. The van der Waals surface area contributed by atoms with Crippen molar-refractivity contribution >= 4 is 21.7 Å².